The number of halogens is 1. The molecule has 0 radical (unpaired) electrons. The van der Waals surface area contributed by atoms with E-state index in [1.807, 2.05) is 46.8 Å². The third kappa shape index (κ3) is 6.92. The number of methoxy groups -OCH3 is 1. The summed E-state index contributed by atoms with van der Waals surface area (Å²) in [7, 11) is -1.52. The number of amides is 1. The Bertz CT molecular complexity index is 1440. The van der Waals surface area contributed by atoms with Gasteiger partial charge in [-0.25, -0.2) is 9.31 Å². The molecule has 2 aromatic heterocycles. The molecule has 0 unspecified atom stereocenters. The molecule has 15 heteroatoms. The second-order valence-electron chi connectivity index (χ2n) is 13.9. The molecule has 3 fully saturated rings. The van der Waals surface area contributed by atoms with E-state index in [-0.39, 0.29) is 24.5 Å². The van der Waals surface area contributed by atoms with Crippen molar-refractivity contribution in [3.8, 4) is 0 Å². The van der Waals surface area contributed by atoms with Crippen molar-refractivity contribution in [2.75, 3.05) is 45.2 Å². The number of aliphatic hydroxyl groups excluding tert-OH is 1. The third-order valence-electron chi connectivity index (χ3n) is 8.56. The van der Waals surface area contributed by atoms with Crippen LogP contribution in [0.1, 0.15) is 72.1 Å². The van der Waals surface area contributed by atoms with Gasteiger partial charge in [0.25, 0.3) is 0 Å². The van der Waals surface area contributed by atoms with E-state index in [9.17, 15) is 14.5 Å². The minimum atomic E-state index is -2.98. The van der Waals surface area contributed by atoms with Crippen LogP contribution in [0, 0.1) is 0 Å². The second kappa shape index (κ2) is 12.6. The van der Waals surface area contributed by atoms with E-state index in [0.29, 0.717) is 17.0 Å². The maximum atomic E-state index is 13.6. The normalized spacial score (nSPS) is 26.7. The summed E-state index contributed by atoms with van der Waals surface area (Å²) in [5.74, 6) is -0.559. The number of ether oxygens (including phenoxy) is 6. The third-order valence-corrected chi connectivity index (χ3v) is 11.1. The van der Waals surface area contributed by atoms with Crippen LogP contribution in [0.4, 0.5) is 10.6 Å². The summed E-state index contributed by atoms with van der Waals surface area (Å²) in [6.07, 6.45) is 0.715. The molecule has 2 aromatic rings. The van der Waals surface area contributed by atoms with Crippen molar-refractivity contribution in [2.45, 2.75) is 107 Å². The fourth-order valence-electron chi connectivity index (χ4n) is 6.38. The molecule has 1 N–H and O–H groups in total. The van der Waals surface area contributed by atoms with E-state index < -0.39 is 61.0 Å². The lowest BCUT2D eigenvalue weighted by Gasteiger charge is -2.36. The van der Waals surface area contributed by atoms with Crippen molar-refractivity contribution in [3.63, 3.8) is 0 Å². The van der Waals surface area contributed by atoms with Crippen LogP contribution in [0.2, 0.25) is 5.28 Å². The van der Waals surface area contributed by atoms with Crippen molar-refractivity contribution in [2.24, 2.45) is 0 Å². The minimum absolute atomic E-state index is 0.0366. The number of fused-ring (bicyclic) bond motifs is 2. The zero-order chi connectivity index (χ0) is 32.9. The van der Waals surface area contributed by atoms with Gasteiger partial charge in [-0.3, -0.25) is 4.90 Å². The summed E-state index contributed by atoms with van der Waals surface area (Å²) in [6, 6.07) is 3.58. The fourth-order valence-corrected chi connectivity index (χ4v) is 7.70. The lowest BCUT2D eigenvalue weighted by atomic mass is 10.1. The first kappa shape index (κ1) is 34.5. The molecule has 2 saturated heterocycles. The summed E-state index contributed by atoms with van der Waals surface area (Å²) in [4.78, 5) is 19.7. The molecule has 0 bridgehead atoms. The molecule has 5 rings (SSSR count). The Labute approximate surface area is 269 Å². The van der Waals surface area contributed by atoms with Crippen LogP contribution in [0.15, 0.2) is 12.1 Å². The Kier molecular flexibility index (Phi) is 9.70. The average Bonchev–Trinajstić information content (AvgIpc) is 3.70. The molecule has 0 spiro atoms. The maximum Gasteiger partial charge on any atom is 0.416 e. The number of carbonyl (C=O) groups is 1. The number of aromatic nitrogens is 3. The van der Waals surface area contributed by atoms with Gasteiger partial charge in [-0.05, 0) is 84.5 Å². The van der Waals surface area contributed by atoms with Crippen LogP contribution in [0.5, 0.6) is 0 Å². The SMILES string of the molecule is COC[C@](CO)(OC[C@H]1O[C@H](c2ccc3c(N(C(=O)OC(C)(C)C)C4CCCC4)nc(Cl)nn23)[C@@H]2OC(C)(C)O[C@@H]21)P(C)(C)=O. The Hall–Kier alpha value is -1.83. The van der Waals surface area contributed by atoms with Gasteiger partial charge in [-0.15, -0.1) is 5.10 Å². The molecule has 0 aromatic carbocycles. The highest BCUT2D eigenvalue weighted by atomic mass is 35.5. The zero-order valence-electron chi connectivity index (χ0n) is 27.3. The van der Waals surface area contributed by atoms with Gasteiger partial charge >= 0.3 is 6.09 Å². The van der Waals surface area contributed by atoms with Crippen LogP contribution in [0.3, 0.4) is 0 Å². The molecule has 13 nitrogen and oxygen atoms in total. The van der Waals surface area contributed by atoms with Gasteiger partial charge in [-0.1, -0.05) is 12.8 Å². The van der Waals surface area contributed by atoms with Gasteiger partial charge in [0.1, 0.15) is 42.7 Å². The average molecular weight is 673 g/mol. The Morgan fingerprint density at radius 3 is 2.47 bits per heavy atom. The largest absolute Gasteiger partial charge is 0.443 e. The first-order valence-electron chi connectivity index (χ1n) is 15.4. The number of rotatable bonds is 10. The molecular formula is C30H46ClN4O9P. The smallest absolute Gasteiger partial charge is 0.416 e. The lowest BCUT2D eigenvalue weighted by molar-refractivity contribution is -0.198. The van der Waals surface area contributed by atoms with Crippen LogP contribution in [-0.2, 0) is 33.0 Å². The fraction of sp³-hybridized carbons (Fsp3) is 0.767. The van der Waals surface area contributed by atoms with Crippen LogP contribution in [-0.4, -0.2) is 107 Å². The highest BCUT2D eigenvalue weighted by Gasteiger charge is 2.57. The monoisotopic (exact) mass is 672 g/mol. The van der Waals surface area contributed by atoms with Gasteiger partial charge in [0.05, 0.1) is 25.5 Å². The van der Waals surface area contributed by atoms with E-state index in [2.05, 4.69) is 10.1 Å². The van der Waals surface area contributed by atoms with Crippen molar-refractivity contribution < 1.29 is 42.9 Å². The molecule has 1 aliphatic carbocycles. The number of aliphatic hydroxyl groups is 1. The Morgan fingerprint density at radius 1 is 1.20 bits per heavy atom. The molecule has 3 aliphatic rings. The van der Waals surface area contributed by atoms with E-state index in [1.54, 1.807) is 22.7 Å². The van der Waals surface area contributed by atoms with Gasteiger partial charge in [0.2, 0.25) is 5.28 Å². The van der Waals surface area contributed by atoms with Crippen molar-refractivity contribution in [1.29, 1.82) is 0 Å². The molecular weight excluding hydrogens is 627 g/mol. The summed E-state index contributed by atoms with van der Waals surface area (Å²) in [5, 5.41) is 13.3. The Morgan fingerprint density at radius 2 is 1.87 bits per heavy atom. The molecule has 2 aliphatic heterocycles. The summed E-state index contributed by atoms with van der Waals surface area (Å²) >= 11 is 6.52. The summed E-state index contributed by atoms with van der Waals surface area (Å²) in [5.41, 5.74) is 0.472. The molecule has 5 atom stereocenters. The number of nitrogens with zero attached hydrogens (tertiary/aromatic N) is 4. The topological polar surface area (TPSA) is 143 Å². The molecule has 45 heavy (non-hydrogen) atoms. The standard InChI is InChI=1S/C30H46ClN4O9P/c1-28(2,3)44-27(37)34(18-11-9-10-12-18)25-20-14-13-19(35(20)33-26(31)32-25)22-24-23(42-29(4,5)43-24)21(41-22)15-40-30(16-36,17-39-6)45(7,8)38/h13-14,18,21-24,36H,9-12,15-17H2,1-8H3/t21-,22-,23-,24+,30-/m1/s1. The van der Waals surface area contributed by atoms with Crippen LogP contribution < -0.4 is 4.90 Å². The first-order valence-corrected chi connectivity index (χ1v) is 18.3. The van der Waals surface area contributed by atoms with Crippen molar-refractivity contribution in [1.82, 2.24) is 14.6 Å². The summed E-state index contributed by atoms with van der Waals surface area (Å²) in [6.45, 7) is 11.7. The van der Waals surface area contributed by atoms with E-state index in [4.69, 9.17) is 40.0 Å². The highest BCUT2D eigenvalue weighted by molar-refractivity contribution is 7.63. The first-order chi connectivity index (χ1) is 21.0. The quantitative estimate of drug-likeness (QED) is 0.341. The minimum Gasteiger partial charge on any atom is -0.443 e. The Balaban J connectivity index is 1.51. The predicted octanol–water partition coefficient (Wildman–Crippen LogP) is 5.00. The van der Waals surface area contributed by atoms with E-state index >= 15 is 0 Å². The molecule has 252 valence electrons. The van der Waals surface area contributed by atoms with Gasteiger partial charge < -0.3 is 38.1 Å². The van der Waals surface area contributed by atoms with Crippen molar-refractivity contribution >= 4 is 36.2 Å². The van der Waals surface area contributed by atoms with Gasteiger partial charge in [-0.2, -0.15) is 4.98 Å². The number of anilines is 1. The van der Waals surface area contributed by atoms with Crippen LogP contribution in [0.25, 0.3) is 5.52 Å². The predicted molar refractivity (Wildman–Crippen MR) is 168 cm³/mol. The van der Waals surface area contributed by atoms with Gasteiger partial charge in [0.15, 0.2) is 16.9 Å². The molecule has 4 heterocycles. The second-order valence-corrected chi connectivity index (χ2v) is 17.8. The number of hydrogen-bond donors (Lipinski definition) is 1. The number of hydrogen-bond acceptors (Lipinski definition) is 11. The zero-order valence-corrected chi connectivity index (χ0v) is 29.0. The van der Waals surface area contributed by atoms with Crippen LogP contribution >= 0.6 is 18.7 Å². The highest BCUT2D eigenvalue weighted by Crippen LogP contribution is 2.53. The number of carbonyl (C=O) groups excluding carboxylic acids is 1. The van der Waals surface area contributed by atoms with E-state index in [0.717, 1.165) is 25.7 Å². The molecule has 1 saturated carbocycles. The van der Waals surface area contributed by atoms with Crippen molar-refractivity contribution in [3.05, 3.63) is 23.1 Å². The summed E-state index contributed by atoms with van der Waals surface area (Å²) < 4.78 is 51.3. The lowest BCUT2D eigenvalue weighted by Crippen LogP contribution is -2.44. The van der Waals surface area contributed by atoms with E-state index in [1.165, 1.54) is 7.11 Å². The molecule has 1 amide bonds. The van der Waals surface area contributed by atoms with Gasteiger partial charge in [0, 0.05) is 13.2 Å². The maximum absolute atomic E-state index is 13.6.